The highest BCUT2D eigenvalue weighted by molar-refractivity contribution is 5.88. The van der Waals surface area contributed by atoms with Crippen LogP contribution in [0.2, 0.25) is 0 Å². The van der Waals surface area contributed by atoms with Crippen LogP contribution in [-0.2, 0) is 4.79 Å². The lowest BCUT2D eigenvalue weighted by Crippen LogP contribution is -2.35. The van der Waals surface area contributed by atoms with Crippen LogP contribution in [-0.4, -0.2) is 44.1 Å². The van der Waals surface area contributed by atoms with Gasteiger partial charge in [0.25, 0.3) is 0 Å². The third-order valence-corrected chi connectivity index (χ3v) is 6.27. The molecule has 2 aromatic rings. The van der Waals surface area contributed by atoms with Crippen molar-refractivity contribution in [1.29, 1.82) is 0 Å². The van der Waals surface area contributed by atoms with E-state index in [2.05, 4.69) is 34.5 Å². The van der Waals surface area contributed by atoms with Crippen molar-refractivity contribution < 1.29 is 9.53 Å². The van der Waals surface area contributed by atoms with E-state index in [0.717, 1.165) is 72.9 Å². The average molecular weight is 352 g/mol. The van der Waals surface area contributed by atoms with E-state index in [1.807, 2.05) is 19.1 Å². The minimum atomic E-state index is -0.0995. The van der Waals surface area contributed by atoms with Crippen molar-refractivity contribution >= 4 is 16.7 Å². The van der Waals surface area contributed by atoms with Crippen molar-refractivity contribution in [1.82, 2.24) is 10.2 Å². The highest BCUT2D eigenvalue weighted by Crippen LogP contribution is 2.30. The highest BCUT2D eigenvalue weighted by Gasteiger charge is 2.32. The Hall–Kier alpha value is -2.07. The molecule has 2 fully saturated rings. The summed E-state index contributed by atoms with van der Waals surface area (Å²) in [6.07, 6.45) is 2.27. The Morgan fingerprint density at radius 3 is 2.42 bits per heavy atom. The normalized spacial score (nSPS) is 24.2. The van der Waals surface area contributed by atoms with E-state index >= 15 is 0 Å². The van der Waals surface area contributed by atoms with E-state index in [1.54, 1.807) is 7.11 Å². The summed E-state index contributed by atoms with van der Waals surface area (Å²) in [6, 6.07) is 12.4. The topological polar surface area (TPSA) is 41.6 Å². The summed E-state index contributed by atoms with van der Waals surface area (Å²) in [5.74, 6) is 2.53. The molecule has 0 spiro atoms. The van der Waals surface area contributed by atoms with Crippen LogP contribution in [0.25, 0.3) is 10.8 Å². The predicted octanol–water partition coefficient (Wildman–Crippen LogP) is 3.41. The number of nitrogens with zero attached hydrogens (tertiary/aromatic N) is 1. The number of ether oxygens (including phenoxy) is 1. The number of benzene rings is 2. The molecule has 2 heterocycles. The zero-order valence-electron chi connectivity index (χ0n) is 15.7. The number of amides is 1. The van der Waals surface area contributed by atoms with E-state index in [1.165, 1.54) is 0 Å². The summed E-state index contributed by atoms with van der Waals surface area (Å²) in [6.45, 7) is 6.08. The van der Waals surface area contributed by atoms with Crippen LogP contribution < -0.4 is 10.1 Å². The van der Waals surface area contributed by atoms with Crippen LogP contribution in [0.15, 0.2) is 36.4 Å². The molecule has 0 bridgehead atoms. The smallest absolute Gasteiger partial charge is 0.229 e. The van der Waals surface area contributed by atoms with Gasteiger partial charge in [-0.2, -0.15) is 0 Å². The Morgan fingerprint density at radius 2 is 1.73 bits per heavy atom. The fraction of sp³-hybridized carbons (Fsp3) is 0.500. The second-order valence-corrected chi connectivity index (χ2v) is 7.78. The molecular weight excluding hydrogens is 324 g/mol. The number of nitrogens with one attached hydrogen (secondary N) is 1. The van der Waals surface area contributed by atoms with Crippen molar-refractivity contribution in [2.24, 2.45) is 11.8 Å². The van der Waals surface area contributed by atoms with Gasteiger partial charge in [0, 0.05) is 13.1 Å². The number of likely N-dealkylation sites (tertiary alicyclic amines) is 1. The number of rotatable bonds is 3. The summed E-state index contributed by atoms with van der Waals surface area (Å²) in [7, 11) is 1.68. The van der Waals surface area contributed by atoms with Gasteiger partial charge in [0.2, 0.25) is 5.91 Å². The lowest BCUT2D eigenvalue weighted by molar-refractivity contribution is -0.132. The van der Waals surface area contributed by atoms with Gasteiger partial charge >= 0.3 is 0 Å². The van der Waals surface area contributed by atoms with Gasteiger partial charge in [0.1, 0.15) is 5.75 Å². The van der Waals surface area contributed by atoms with Crippen LogP contribution in [0.1, 0.15) is 31.2 Å². The Bertz CT molecular complexity index is 790. The molecule has 4 rings (SSSR count). The van der Waals surface area contributed by atoms with Crippen LogP contribution in [0.5, 0.6) is 5.75 Å². The molecule has 2 saturated heterocycles. The van der Waals surface area contributed by atoms with Gasteiger partial charge < -0.3 is 15.0 Å². The van der Waals surface area contributed by atoms with E-state index in [9.17, 15) is 4.79 Å². The summed E-state index contributed by atoms with van der Waals surface area (Å²) in [4.78, 5) is 15.2. The molecule has 2 aromatic carbocycles. The predicted molar refractivity (Wildman–Crippen MR) is 105 cm³/mol. The monoisotopic (exact) mass is 352 g/mol. The van der Waals surface area contributed by atoms with Gasteiger partial charge in [-0.25, -0.2) is 0 Å². The molecule has 2 aliphatic heterocycles. The number of hydrogen-bond donors (Lipinski definition) is 1. The SMILES string of the molecule is COc1ccc2cc(C(C)C(=O)N3CC[C@@H]4CNC[C@@H]4CC3)ccc2c1. The zero-order valence-corrected chi connectivity index (χ0v) is 15.7. The largest absolute Gasteiger partial charge is 0.497 e. The van der Waals surface area contributed by atoms with Crippen LogP contribution >= 0.6 is 0 Å². The number of carbonyl (C=O) groups excluding carboxylic acids is 1. The fourth-order valence-electron chi connectivity index (χ4n) is 4.49. The third-order valence-electron chi connectivity index (χ3n) is 6.27. The van der Waals surface area contributed by atoms with Crippen molar-refractivity contribution in [3.8, 4) is 5.75 Å². The number of methoxy groups -OCH3 is 1. The van der Waals surface area contributed by atoms with Gasteiger partial charge in [-0.05, 0) is 73.2 Å². The molecule has 0 saturated carbocycles. The molecule has 26 heavy (non-hydrogen) atoms. The zero-order chi connectivity index (χ0) is 18.1. The average Bonchev–Trinajstić information content (AvgIpc) is 3.04. The quantitative estimate of drug-likeness (QED) is 0.920. The van der Waals surface area contributed by atoms with Crippen LogP contribution in [0.3, 0.4) is 0 Å². The minimum absolute atomic E-state index is 0.0995. The molecule has 0 aromatic heterocycles. The molecule has 1 unspecified atom stereocenters. The second-order valence-electron chi connectivity index (χ2n) is 7.78. The molecule has 2 aliphatic rings. The Kier molecular flexibility index (Phi) is 4.86. The van der Waals surface area contributed by atoms with Crippen molar-refractivity contribution in [2.45, 2.75) is 25.7 Å². The number of hydrogen-bond acceptors (Lipinski definition) is 3. The van der Waals surface area contributed by atoms with E-state index in [0.29, 0.717) is 0 Å². The van der Waals surface area contributed by atoms with Crippen molar-refractivity contribution in [2.75, 3.05) is 33.3 Å². The molecule has 0 aliphatic carbocycles. The first kappa shape index (κ1) is 17.3. The first-order valence-corrected chi connectivity index (χ1v) is 9.73. The molecule has 3 atom stereocenters. The lowest BCUT2D eigenvalue weighted by atomic mass is 9.92. The Balaban J connectivity index is 1.50. The first-order chi connectivity index (χ1) is 12.7. The maximum Gasteiger partial charge on any atom is 0.229 e. The number of fused-ring (bicyclic) bond motifs is 2. The molecule has 0 radical (unpaired) electrons. The van der Waals surface area contributed by atoms with Gasteiger partial charge in [0.15, 0.2) is 0 Å². The molecule has 138 valence electrons. The molecule has 4 heteroatoms. The fourth-order valence-corrected chi connectivity index (χ4v) is 4.49. The summed E-state index contributed by atoms with van der Waals surface area (Å²) in [5.41, 5.74) is 1.10. The minimum Gasteiger partial charge on any atom is -0.497 e. The summed E-state index contributed by atoms with van der Waals surface area (Å²) >= 11 is 0. The maximum atomic E-state index is 13.1. The van der Waals surface area contributed by atoms with E-state index < -0.39 is 0 Å². The molecule has 1 N–H and O–H groups in total. The van der Waals surface area contributed by atoms with Gasteiger partial charge in [-0.3, -0.25) is 4.79 Å². The Labute approximate surface area is 155 Å². The standard InChI is InChI=1S/C22H28N2O2/c1-15(16-3-4-18-12-21(26-2)6-5-17(18)11-16)22(25)24-9-7-19-13-23-14-20(19)8-10-24/h3-6,11-12,15,19-20,23H,7-10,13-14H2,1-2H3/t15?,19-,20+. The van der Waals surface area contributed by atoms with Gasteiger partial charge in [-0.1, -0.05) is 24.3 Å². The van der Waals surface area contributed by atoms with E-state index in [-0.39, 0.29) is 11.8 Å². The Morgan fingerprint density at radius 1 is 1.08 bits per heavy atom. The van der Waals surface area contributed by atoms with Crippen LogP contribution in [0, 0.1) is 11.8 Å². The number of carbonyl (C=O) groups is 1. The third kappa shape index (κ3) is 3.30. The van der Waals surface area contributed by atoms with Crippen LogP contribution in [0.4, 0.5) is 0 Å². The highest BCUT2D eigenvalue weighted by atomic mass is 16.5. The lowest BCUT2D eigenvalue weighted by Gasteiger charge is -2.25. The van der Waals surface area contributed by atoms with Gasteiger partial charge in [0.05, 0.1) is 13.0 Å². The molecular formula is C22H28N2O2. The summed E-state index contributed by atoms with van der Waals surface area (Å²) in [5, 5.41) is 5.79. The van der Waals surface area contributed by atoms with Crippen molar-refractivity contribution in [3.63, 3.8) is 0 Å². The molecule has 4 nitrogen and oxygen atoms in total. The molecule has 1 amide bonds. The van der Waals surface area contributed by atoms with Crippen molar-refractivity contribution in [3.05, 3.63) is 42.0 Å². The maximum absolute atomic E-state index is 13.1. The second kappa shape index (κ2) is 7.28. The van der Waals surface area contributed by atoms with E-state index in [4.69, 9.17) is 4.74 Å². The van der Waals surface area contributed by atoms with Gasteiger partial charge in [-0.15, -0.1) is 0 Å². The first-order valence-electron chi connectivity index (χ1n) is 9.73. The summed E-state index contributed by atoms with van der Waals surface area (Å²) < 4.78 is 5.30.